The average molecular weight is 362 g/mol. The molecule has 0 radical (unpaired) electrons. The summed E-state index contributed by atoms with van der Waals surface area (Å²) in [4.78, 5) is 23.5. The molecule has 128 valence electrons. The van der Waals surface area contributed by atoms with Crippen LogP contribution in [0.5, 0.6) is 0 Å². The molecule has 1 N–H and O–H groups in total. The summed E-state index contributed by atoms with van der Waals surface area (Å²) in [6.07, 6.45) is 1.84. The van der Waals surface area contributed by atoms with Gasteiger partial charge in [0, 0.05) is 12.8 Å². The lowest BCUT2D eigenvalue weighted by Crippen LogP contribution is -2.30. The maximum absolute atomic E-state index is 11.9. The van der Waals surface area contributed by atoms with Crippen LogP contribution in [0.25, 0.3) is 0 Å². The van der Waals surface area contributed by atoms with Crippen LogP contribution in [0.2, 0.25) is 5.02 Å². The van der Waals surface area contributed by atoms with Gasteiger partial charge in [-0.05, 0) is 30.5 Å². The van der Waals surface area contributed by atoms with Gasteiger partial charge in [0.15, 0.2) is 16.4 Å². The molecule has 0 spiro atoms. The van der Waals surface area contributed by atoms with Gasteiger partial charge < -0.3 is 10.1 Å². The summed E-state index contributed by atoms with van der Waals surface area (Å²) >= 11 is 5.88. The van der Waals surface area contributed by atoms with E-state index in [4.69, 9.17) is 16.3 Å². The van der Waals surface area contributed by atoms with E-state index in [1.807, 2.05) is 13.8 Å². The van der Waals surface area contributed by atoms with E-state index in [1.165, 1.54) is 12.1 Å². The lowest BCUT2D eigenvalue weighted by atomic mass is 10.1. The van der Waals surface area contributed by atoms with Crippen molar-refractivity contribution in [3.8, 4) is 0 Å². The molecule has 1 aromatic carbocycles. The number of sulfone groups is 1. The molecular formula is C15H20ClNO5S. The fraction of sp³-hybridized carbons (Fsp3) is 0.467. The summed E-state index contributed by atoms with van der Waals surface area (Å²) in [5.74, 6) is -0.815. The van der Waals surface area contributed by atoms with Crippen LogP contribution in [0.3, 0.4) is 0 Å². The van der Waals surface area contributed by atoms with Crippen molar-refractivity contribution in [3.05, 3.63) is 28.8 Å². The summed E-state index contributed by atoms with van der Waals surface area (Å²) in [7, 11) is -3.47. The Balaban J connectivity index is 2.66. The number of benzene rings is 1. The third-order valence-electron chi connectivity index (χ3n) is 2.96. The minimum atomic E-state index is -3.47. The molecule has 0 saturated carbocycles. The van der Waals surface area contributed by atoms with E-state index in [-0.39, 0.29) is 15.5 Å². The number of carbonyl (C=O) groups is 2. The molecule has 0 aliphatic carbocycles. The Morgan fingerprint density at radius 1 is 1.30 bits per heavy atom. The van der Waals surface area contributed by atoms with Gasteiger partial charge >= 0.3 is 5.97 Å². The predicted octanol–water partition coefficient (Wildman–Crippen LogP) is 2.06. The van der Waals surface area contributed by atoms with Gasteiger partial charge in [0.2, 0.25) is 0 Å². The maximum Gasteiger partial charge on any atom is 0.340 e. The largest absolute Gasteiger partial charge is 0.452 e. The summed E-state index contributed by atoms with van der Waals surface area (Å²) in [5.41, 5.74) is -0.0930. The number of nitrogens with one attached hydrogen (secondary N) is 1. The lowest BCUT2D eigenvalue weighted by molar-refractivity contribution is -0.124. The van der Waals surface area contributed by atoms with Gasteiger partial charge in [-0.3, -0.25) is 4.79 Å². The molecule has 0 fully saturated rings. The van der Waals surface area contributed by atoms with E-state index >= 15 is 0 Å². The van der Waals surface area contributed by atoms with Crippen molar-refractivity contribution in [1.29, 1.82) is 0 Å². The molecule has 0 aromatic heterocycles. The first-order valence-corrected chi connectivity index (χ1v) is 9.31. The van der Waals surface area contributed by atoms with Gasteiger partial charge in [-0.1, -0.05) is 25.4 Å². The van der Waals surface area contributed by atoms with Gasteiger partial charge in [0.25, 0.3) is 5.91 Å². The molecule has 0 heterocycles. The number of esters is 1. The van der Waals surface area contributed by atoms with Crippen molar-refractivity contribution in [1.82, 2.24) is 5.32 Å². The van der Waals surface area contributed by atoms with Crippen molar-refractivity contribution in [2.75, 3.05) is 19.4 Å². The van der Waals surface area contributed by atoms with Gasteiger partial charge in [-0.15, -0.1) is 0 Å². The fourth-order valence-corrected chi connectivity index (χ4v) is 2.49. The Kier molecular flexibility index (Phi) is 7.02. The zero-order valence-corrected chi connectivity index (χ0v) is 14.8. The molecule has 1 amide bonds. The number of hydrogen-bond donors (Lipinski definition) is 1. The van der Waals surface area contributed by atoms with Crippen molar-refractivity contribution in [2.45, 2.75) is 25.2 Å². The highest BCUT2D eigenvalue weighted by atomic mass is 35.5. The smallest absolute Gasteiger partial charge is 0.340 e. The third kappa shape index (κ3) is 6.58. The summed E-state index contributed by atoms with van der Waals surface area (Å²) in [6, 6.07) is 3.74. The second kappa shape index (κ2) is 8.31. The molecule has 6 nitrogen and oxygen atoms in total. The van der Waals surface area contributed by atoms with E-state index in [0.717, 1.165) is 18.7 Å². The highest BCUT2D eigenvalue weighted by molar-refractivity contribution is 7.90. The number of halogens is 1. The SMILES string of the molecule is CC(C)CCNC(=O)COC(=O)c1cc(S(C)(=O)=O)ccc1Cl. The number of ether oxygens (including phenoxy) is 1. The van der Waals surface area contributed by atoms with Crippen molar-refractivity contribution in [3.63, 3.8) is 0 Å². The Morgan fingerprint density at radius 3 is 2.52 bits per heavy atom. The lowest BCUT2D eigenvalue weighted by Gasteiger charge is -2.09. The normalized spacial score (nSPS) is 11.3. The average Bonchev–Trinajstić information content (AvgIpc) is 2.43. The van der Waals surface area contributed by atoms with E-state index in [1.54, 1.807) is 0 Å². The molecule has 0 saturated heterocycles. The summed E-state index contributed by atoms with van der Waals surface area (Å²) in [5, 5.41) is 2.68. The van der Waals surface area contributed by atoms with E-state index in [0.29, 0.717) is 12.5 Å². The van der Waals surface area contributed by atoms with Gasteiger partial charge in [0.05, 0.1) is 15.5 Å². The highest BCUT2D eigenvalue weighted by Gasteiger charge is 2.17. The second-order valence-electron chi connectivity index (χ2n) is 5.52. The molecule has 1 rings (SSSR count). The molecule has 0 unspecified atom stereocenters. The molecule has 0 bridgehead atoms. The Hall–Kier alpha value is -1.60. The molecular weight excluding hydrogens is 342 g/mol. The van der Waals surface area contributed by atoms with Crippen molar-refractivity contribution < 1.29 is 22.7 Å². The van der Waals surface area contributed by atoms with Gasteiger partial charge in [0.1, 0.15) is 0 Å². The Labute approximate surface area is 141 Å². The maximum atomic E-state index is 11.9. The second-order valence-corrected chi connectivity index (χ2v) is 7.95. The highest BCUT2D eigenvalue weighted by Crippen LogP contribution is 2.21. The minimum absolute atomic E-state index is 0.0461. The quantitative estimate of drug-likeness (QED) is 0.751. The Morgan fingerprint density at radius 2 is 1.96 bits per heavy atom. The van der Waals surface area contributed by atoms with Crippen LogP contribution in [0.4, 0.5) is 0 Å². The third-order valence-corrected chi connectivity index (χ3v) is 4.40. The van der Waals surface area contributed by atoms with Crippen LogP contribution in [0, 0.1) is 5.92 Å². The van der Waals surface area contributed by atoms with Crippen LogP contribution in [0.1, 0.15) is 30.6 Å². The minimum Gasteiger partial charge on any atom is -0.452 e. The van der Waals surface area contributed by atoms with Gasteiger partial charge in [-0.25, -0.2) is 13.2 Å². The number of rotatable bonds is 7. The molecule has 0 atom stereocenters. The first kappa shape index (κ1) is 19.4. The number of carbonyl (C=O) groups excluding carboxylic acids is 2. The zero-order valence-electron chi connectivity index (χ0n) is 13.3. The van der Waals surface area contributed by atoms with Crippen LogP contribution in [-0.4, -0.2) is 39.7 Å². The van der Waals surface area contributed by atoms with Crippen LogP contribution >= 0.6 is 11.6 Å². The summed E-state index contributed by atoms with van der Waals surface area (Å²) < 4.78 is 27.9. The van der Waals surface area contributed by atoms with Gasteiger partial charge in [-0.2, -0.15) is 0 Å². The van der Waals surface area contributed by atoms with E-state index in [2.05, 4.69) is 5.32 Å². The standard InChI is InChI=1S/C15H20ClNO5S/c1-10(2)6-7-17-14(18)9-22-15(19)12-8-11(23(3,20)21)4-5-13(12)16/h4-5,8,10H,6-7,9H2,1-3H3,(H,17,18). The van der Waals surface area contributed by atoms with E-state index < -0.39 is 28.3 Å². The first-order chi connectivity index (χ1) is 10.6. The zero-order chi connectivity index (χ0) is 17.6. The topological polar surface area (TPSA) is 89.5 Å². The summed E-state index contributed by atoms with van der Waals surface area (Å²) in [6.45, 7) is 4.11. The molecule has 0 aliphatic rings. The fourth-order valence-electron chi connectivity index (χ4n) is 1.65. The van der Waals surface area contributed by atoms with Crippen LogP contribution in [-0.2, 0) is 19.4 Å². The molecule has 23 heavy (non-hydrogen) atoms. The monoisotopic (exact) mass is 361 g/mol. The van der Waals surface area contributed by atoms with Crippen molar-refractivity contribution in [2.24, 2.45) is 5.92 Å². The number of amides is 1. The number of hydrogen-bond acceptors (Lipinski definition) is 5. The molecule has 8 heteroatoms. The van der Waals surface area contributed by atoms with Crippen molar-refractivity contribution >= 4 is 33.3 Å². The van der Waals surface area contributed by atoms with Crippen LogP contribution in [0.15, 0.2) is 23.1 Å². The Bertz CT molecular complexity index is 685. The van der Waals surface area contributed by atoms with Crippen LogP contribution < -0.4 is 5.32 Å². The first-order valence-electron chi connectivity index (χ1n) is 7.04. The predicted molar refractivity (Wildman–Crippen MR) is 87.3 cm³/mol. The molecule has 0 aliphatic heterocycles. The molecule has 1 aromatic rings. The van der Waals surface area contributed by atoms with E-state index in [9.17, 15) is 18.0 Å².